The van der Waals surface area contributed by atoms with Crippen LogP contribution in [0.3, 0.4) is 0 Å². The summed E-state index contributed by atoms with van der Waals surface area (Å²) in [5, 5.41) is 0. The number of hydrogen-bond donors (Lipinski definition) is 0. The molecule has 29 heavy (non-hydrogen) atoms. The van der Waals surface area contributed by atoms with Gasteiger partial charge in [0.2, 0.25) is 0 Å². The topological polar surface area (TPSA) is 9.23 Å². The van der Waals surface area contributed by atoms with Crippen molar-refractivity contribution in [3.05, 3.63) is 29.8 Å². The standard InChI is InChI=1S/C25H41F3O/c1-2-3-4-5-6-7-8-9-10-11-12-13-14-15-16-17-21-29-24-20-18-19-23(22-24)25(26,27)28/h18-20,22H,2-17,21H2,1H3. The lowest BCUT2D eigenvalue weighted by Crippen LogP contribution is -2.05. The van der Waals surface area contributed by atoms with Crippen LogP contribution < -0.4 is 4.74 Å². The van der Waals surface area contributed by atoms with E-state index in [1.807, 2.05) is 0 Å². The molecule has 0 saturated carbocycles. The summed E-state index contributed by atoms with van der Waals surface area (Å²) >= 11 is 0. The van der Waals surface area contributed by atoms with Crippen molar-refractivity contribution in [2.75, 3.05) is 6.61 Å². The molecule has 0 fully saturated rings. The van der Waals surface area contributed by atoms with Crippen LogP contribution in [-0.4, -0.2) is 6.61 Å². The van der Waals surface area contributed by atoms with E-state index >= 15 is 0 Å². The van der Waals surface area contributed by atoms with Gasteiger partial charge in [0, 0.05) is 0 Å². The summed E-state index contributed by atoms with van der Waals surface area (Å²) in [6.45, 7) is 2.75. The van der Waals surface area contributed by atoms with Gasteiger partial charge in [-0.15, -0.1) is 0 Å². The zero-order valence-corrected chi connectivity index (χ0v) is 18.4. The third-order valence-corrected chi connectivity index (χ3v) is 5.43. The molecule has 4 heteroatoms. The summed E-state index contributed by atoms with van der Waals surface area (Å²) < 4.78 is 43.4. The molecule has 1 nitrogen and oxygen atoms in total. The first-order valence-electron chi connectivity index (χ1n) is 11.8. The SMILES string of the molecule is CCCCCCCCCCCCCCCCCCOc1cccc(C(F)(F)F)c1. The molecular weight excluding hydrogens is 373 g/mol. The molecule has 0 spiro atoms. The lowest BCUT2D eigenvalue weighted by atomic mass is 10.0. The van der Waals surface area contributed by atoms with E-state index in [1.54, 1.807) is 6.07 Å². The molecule has 0 aromatic heterocycles. The van der Waals surface area contributed by atoms with Crippen molar-refractivity contribution in [1.82, 2.24) is 0 Å². The first-order valence-corrected chi connectivity index (χ1v) is 11.8. The van der Waals surface area contributed by atoms with Crippen LogP contribution in [0.1, 0.15) is 115 Å². The van der Waals surface area contributed by atoms with E-state index in [0.29, 0.717) is 12.4 Å². The second-order valence-corrected chi connectivity index (χ2v) is 8.18. The Hall–Kier alpha value is -1.19. The van der Waals surface area contributed by atoms with E-state index in [1.165, 1.54) is 96.0 Å². The molecule has 0 bridgehead atoms. The van der Waals surface area contributed by atoms with Crippen LogP contribution >= 0.6 is 0 Å². The van der Waals surface area contributed by atoms with Crippen molar-refractivity contribution < 1.29 is 17.9 Å². The van der Waals surface area contributed by atoms with Crippen LogP contribution in [0.15, 0.2) is 24.3 Å². The van der Waals surface area contributed by atoms with Crippen molar-refractivity contribution in [2.24, 2.45) is 0 Å². The quantitative estimate of drug-likeness (QED) is 0.217. The van der Waals surface area contributed by atoms with Crippen molar-refractivity contribution in [1.29, 1.82) is 0 Å². The molecule has 168 valence electrons. The minimum Gasteiger partial charge on any atom is -0.494 e. The van der Waals surface area contributed by atoms with Crippen molar-refractivity contribution in [3.63, 3.8) is 0 Å². The Morgan fingerprint density at radius 2 is 1.10 bits per heavy atom. The fraction of sp³-hybridized carbons (Fsp3) is 0.760. The summed E-state index contributed by atoms with van der Waals surface area (Å²) in [6, 6.07) is 5.13. The van der Waals surface area contributed by atoms with Gasteiger partial charge in [0.25, 0.3) is 0 Å². The van der Waals surface area contributed by atoms with E-state index in [4.69, 9.17) is 4.74 Å². The van der Waals surface area contributed by atoms with Crippen LogP contribution in [-0.2, 0) is 6.18 Å². The summed E-state index contributed by atoms with van der Waals surface area (Å²) in [6.07, 6.45) is 16.6. The number of rotatable bonds is 18. The molecule has 0 atom stereocenters. The number of ether oxygens (including phenoxy) is 1. The van der Waals surface area contributed by atoms with Gasteiger partial charge >= 0.3 is 6.18 Å². The highest BCUT2D eigenvalue weighted by Gasteiger charge is 2.30. The predicted octanol–water partition coefficient (Wildman–Crippen LogP) is 9.35. The number of unbranched alkanes of at least 4 members (excludes halogenated alkanes) is 15. The minimum atomic E-state index is -4.31. The van der Waals surface area contributed by atoms with Gasteiger partial charge in [-0.05, 0) is 24.6 Å². The maximum atomic E-state index is 12.7. The fourth-order valence-electron chi connectivity index (χ4n) is 3.60. The highest BCUT2D eigenvalue weighted by molar-refractivity contribution is 5.30. The van der Waals surface area contributed by atoms with Gasteiger partial charge in [-0.2, -0.15) is 13.2 Å². The average molecular weight is 415 g/mol. The molecule has 1 aromatic carbocycles. The second kappa shape index (κ2) is 16.6. The van der Waals surface area contributed by atoms with Gasteiger partial charge < -0.3 is 4.74 Å². The maximum absolute atomic E-state index is 12.7. The molecular formula is C25H41F3O. The first kappa shape index (κ1) is 25.8. The molecule has 0 amide bonds. The smallest absolute Gasteiger partial charge is 0.416 e. The lowest BCUT2D eigenvalue weighted by Gasteiger charge is -2.10. The highest BCUT2D eigenvalue weighted by atomic mass is 19.4. The molecule has 0 radical (unpaired) electrons. The van der Waals surface area contributed by atoms with Gasteiger partial charge in [-0.3, -0.25) is 0 Å². The molecule has 0 saturated heterocycles. The van der Waals surface area contributed by atoms with Crippen LogP contribution in [0.25, 0.3) is 0 Å². The van der Waals surface area contributed by atoms with Crippen molar-refractivity contribution in [2.45, 2.75) is 116 Å². The molecule has 0 aliphatic rings. The summed E-state index contributed by atoms with van der Waals surface area (Å²) in [5.41, 5.74) is -0.651. The third-order valence-electron chi connectivity index (χ3n) is 5.43. The predicted molar refractivity (Wildman–Crippen MR) is 116 cm³/mol. The van der Waals surface area contributed by atoms with Gasteiger partial charge in [0.1, 0.15) is 5.75 Å². The molecule has 0 N–H and O–H groups in total. The van der Waals surface area contributed by atoms with Gasteiger partial charge in [0.15, 0.2) is 0 Å². The molecule has 0 heterocycles. The highest BCUT2D eigenvalue weighted by Crippen LogP contribution is 2.31. The second-order valence-electron chi connectivity index (χ2n) is 8.18. The largest absolute Gasteiger partial charge is 0.494 e. The average Bonchev–Trinajstić information content (AvgIpc) is 2.70. The Kier molecular flexibility index (Phi) is 14.8. The summed E-state index contributed by atoms with van der Waals surface area (Å²) in [4.78, 5) is 0. The number of halogens is 3. The lowest BCUT2D eigenvalue weighted by molar-refractivity contribution is -0.137. The number of benzene rings is 1. The van der Waals surface area contributed by atoms with E-state index in [-0.39, 0.29) is 0 Å². The van der Waals surface area contributed by atoms with Crippen LogP contribution in [0, 0.1) is 0 Å². The van der Waals surface area contributed by atoms with Crippen molar-refractivity contribution in [3.8, 4) is 5.75 Å². The number of hydrogen-bond acceptors (Lipinski definition) is 1. The van der Waals surface area contributed by atoms with E-state index in [9.17, 15) is 13.2 Å². The Morgan fingerprint density at radius 3 is 1.55 bits per heavy atom. The van der Waals surface area contributed by atoms with Gasteiger partial charge in [-0.1, -0.05) is 109 Å². The van der Waals surface area contributed by atoms with Crippen LogP contribution in [0.2, 0.25) is 0 Å². The molecule has 0 aliphatic heterocycles. The van der Waals surface area contributed by atoms with E-state index in [2.05, 4.69) is 6.92 Å². The minimum absolute atomic E-state index is 0.306. The zero-order chi connectivity index (χ0) is 21.2. The Balaban J connectivity index is 1.85. The third kappa shape index (κ3) is 14.4. The molecule has 1 aromatic rings. The Labute approximate surface area is 176 Å². The van der Waals surface area contributed by atoms with Crippen molar-refractivity contribution >= 4 is 0 Å². The normalized spacial score (nSPS) is 11.7. The van der Waals surface area contributed by atoms with E-state index < -0.39 is 11.7 Å². The maximum Gasteiger partial charge on any atom is 0.416 e. The zero-order valence-electron chi connectivity index (χ0n) is 18.4. The fourth-order valence-corrected chi connectivity index (χ4v) is 3.60. The monoisotopic (exact) mass is 414 g/mol. The van der Waals surface area contributed by atoms with E-state index in [0.717, 1.165) is 25.0 Å². The Morgan fingerprint density at radius 1 is 0.655 bits per heavy atom. The Bertz CT molecular complexity index is 499. The summed E-state index contributed by atoms with van der Waals surface area (Å²) in [5.74, 6) is 0.306. The van der Waals surface area contributed by atoms with Gasteiger partial charge in [0.05, 0.1) is 12.2 Å². The van der Waals surface area contributed by atoms with Crippen LogP contribution in [0.4, 0.5) is 13.2 Å². The first-order chi connectivity index (χ1) is 14.0. The summed E-state index contributed by atoms with van der Waals surface area (Å²) in [7, 11) is 0. The molecule has 0 aliphatic carbocycles. The molecule has 1 rings (SSSR count). The number of alkyl halides is 3. The molecule has 0 unspecified atom stereocenters. The van der Waals surface area contributed by atoms with Crippen LogP contribution in [0.5, 0.6) is 5.75 Å². The van der Waals surface area contributed by atoms with Gasteiger partial charge in [-0.25, -0.2) is 0 Å².